The number of carbonyl (C=O) groups excluding carboxylic acids is 1. The van der Waals surface area contributed by atoms with Gasteiger partial charge in [0.25, 0.3) is 0 Å². The smallest absolute Gasteiger partial charge is 0.233 e. The summed E-state index contributed by atoms with van der Waals surface area (Å²) in [4.78, 5) is 13.4. The lowest BCUT2D eigenvalue weighted by Crippen LogP contribution is -2.41. The Hall–Kier alpha value is -0.610. The van der Waals surface area contributed by atoms with E-state index in [2.05, 4.69) is 22.5 Å². The average molecular weight is 199 g/mol. The third kappa shape index (κ3) is 3.64. The predicted molar refractivity (Wildman–Crippen MR) is 57.2 cm³/mol. The van der Waals surface area contributed by atoms with Crippen LogP contribution < -0.4 is 10.6 Å². The van der Waals surface area contributed by atoms with E-state index in [4.69, 9.17) is 0 Å². The molecule has 1 saturated heterocycles. The minimum Gasteiger partial charge on any atom is -0.358 e. The maximum Gasteiger partial charge on any atom is 0.233 e. The molecule has 0 aliphatic carbocycles. The minimum atomic E-state index is 0.0543. The first-order valence-corrected chi connectivity index (χ1v) is 5.39. The van der Waals surface area contributed by atoms with Gasteiger partial charge < -0.3 is 10.6 Å². The van der Waals surface area contributed by atoms with Gasteiger partial charge in [0.2, 0.25) is 5.91 Å². The summed E-state index contributed by atoms with van der Waals surface area (Å²) in [7, 11) is 1.66. The number of nitrogens with one attached hydrogen (secondary N) is 2. The van der Waals surface area contributed by atoms with E-state index in [1.54, 1.807) is 7.05 Å². The first-order valence-electron chi connectivity index (χ1n) is 5.39. The lowest BCUT2D eigenvalue weighted by atomic mass is 10.3. The van der Waals surface area contributed by atoms with Gasteiger partial charge in [-0.05, 0) is 32.9 Å². The highest BCUT2D eigenvalue weighted by Gasteiger charge is 2.17. The molecule has 0 saturated carbocycles. The van der Waals surface area contributed by atoms with E-state index < -0.39 is 0 Å². The molecule has 0 aromatic carbocycles. The highest BCUT2D eigenvalue weighted by Crippen LogP contribution is 2.10. The van der Waals surface area contributed by atoms with Crippen molar-refractivity contribution in [2.24, 2.45) is 0 Å². The van der Waals surface area contributed by atoms with Crippen molar-refractivity contribution in [2.45, 2.75) is 25.8 Å². The summed E-state index contributed by atoms with van der Waals surface area (Å²) in [6, 6.07) is 0.544. The van der Waals surface area contributed by atoms with E-state index >= 15 is 0 Å². The van der Waals surface area contributed by atoms with Crippen LogP contribution in [-0.4, -0.2) is 50.1 Å². The van der Waals surface area contributed by atoms with Crippen LogP contribution in [0.3, 0.4) is 0 Å². The number of likely N-dealkylation sites (tertiary alicyclic amines) is 1. The van der Waals surface area contributed by atoms with Crippen LogP contribution in [0.1, 0.15) is 19.8 Å². The van der Waals surface area contributed by atoms with Crippen LogP contribution in [-0.2, 0) is 4.79 Å². The zero-order valence-electron chi connectivity index (χ0n) is 9.18. The zero-order chi connectivity index (χ0) is 10.4. The molecule has 1 aliphatic heterocycles. The number of nitrogens with zero attached hydrogens (tertiary/aromatic N) is 1. The van der Waals surface area contributed by atoms with Gasteiger partial charge in [-0.1, -0.05) is 0 Å². The van der Waals surface area contributed by atoms with Gasteiger partial charge in [0, 0.05) is 19.6 Å². The maximum atomic E-state index is 10.9. The Morgan fingerprint density at radius 2 is 2.07 bits per heavy atom. The molecule has 82 valence electrons. The molecule has 0 aromatic rings. The number of hydrogen-bond acceptors (Lipinski definition) is 3. The number of rotatable bonds is 5. The van der Waals surface area contributed by atoms with Crippen LogP contribution in [0, 0.1) is 0 Å². The minimum absolute atomic E-state index is 0.0543. The van der Waals surface area contributed by atoms with E-state index in [1.807, 2.05) is 0 Å². The molecule has 1 rings (SSSR count). The molecule has 1 atom stereocenters. The number of carbonyl (C=O) groups is 1. The Morgan fingerprint density at radius 1 is 1.43 bits per heavy atom. The summed E-state index contributed by atoms with van der Waals surface area (Å²) in [6.45, 7) is 5.95. The van der Waals surface area contributed by atoms with Gasteiger partial charge in [0.1, 0.15) is 0 Å². The van der Waals surface area contributed by atoms with Crippen LogP contribution in [0.4, 0.5) is 0 Å². The van der Waals surface area contributed by atoms with Crippen molar-refractivity contribution < 1.29 is 4.79 Å². The molecule has 4 heteroatoms. The lowest BCUT2D eigenvalue weighted by Gasteiger charge is -2.23. The highest BCUT2D eigenvalue weighted by molar-refractivity contribution is 5.77. The molecular formula is C10H21N3O. The molecule has 4 nitrogen and oxygen atoms in total. The summed E-state index contributed by atoms with van der Waals surface area (Å²) < 4.78 is 0. The van der Waals surface area contributed by atoms with Crippen molar-refractivity contribution in [3.8, 4) is 0 Å². The fraction of sp³-hybridized carbons (Fsp3) is 0.900. The Labute approximate surface area is 86.0 Å². The van der Waals surface area contributed by atoms with Crippen molar-refractivity contribution in [3.63, 3.8) is 0 Å². The Morgan fingerprint density at radius 3 is 2.64 bits per heavy atom. The van der Waals surface area contributed by atoms with Gasteiger partial charge in [0.15, 0.2) is 0 Å². The number of amides is 1. The van der Waals surface area contributed by atoms with Gasteiger partial charge in [-0.15, -0.1) is 0 Å². The lowest BCUT2D eigenvalue weighted by molar-refractivity contribution is -0.119. The van der Waals surface area contributed by atoms with Crippen molar-refractivity contribution in [2.75, 3.05) is 33.2 Å². The average Bonchev–Trinajstić information content (AvgIpc) is 2.70. The standard InChI is InChI=1S/C10H21N3O/c1-9(13-5-3-4-6-13)7-12-8-10(14)11-2/h9,12H,3-8H2,1-2H3,(H,11,14). The van der Waals surface area contributed by atoms with Crippen molar-refractivity contribution in [3.05, 3.63) is 0 Å². The SMILES string of the molecule is CNC(=O)CNCC(C)N1CCCC1. The summed E-state index contributed by atoms with van der Waals surface area (Å²) >= 11 is 0. The van der Waals surface area contributed by atoms with Gasteiger partial charge in [0.05, 0.1) is 6.54 Å². The first kappa shape index (κ1) is 11.5. The van der Waals surface area contributed by atoms with Crippen LogP contribution in [0.2, 0.25) is 0 Å². The summed E-state index contributed by atoms with van der Waals surface area (Å²) in [6.07, 6.45) is 2.64. The third-order valence-corrected chi connectivity index (χ3v) is 2.77. The molecule has 0 aromatic heterocycles. The van der Waals surface area contributed by atoms with Gasteiger partial charge in [-0.25, -0.2) is 0 Å². The number of hydrogen-bond donors (Lipinski definition) is 2. The molecule has 2 N–H and O–H groups in total. The molecular weight excluding hydrogens is 178 g/mol. The second-order valence-electron chi connectivity index (χ2n) is 3.90. The van der Waals surface area contributed by atoms with Crippen LogP contribution in [0.25, 0.3) is 0 Å². The molecule has 1 heterocycles. The van der Waals surface area contributed by atoms with E-state index in [0.29, 0.717) is 12.6 Å². The monoisotopic (exact) mass is 199 g/mol. The second kappa shape index (κ2) is 5.98. The largest absolute Gasteiger partial charge is 0.358 e. The normalized spacial score (nSPS) is 19.6. The molecule has 1 unspecified atom stereocenters. The molecule has 1 amide bonds. The Bertz CT molecular complexity index is 178. The van der Waals surface area contributed by atoms with E-state index in [-0.39, 0.29) is 5.91 Å². The quantitative estimate of drug-likeness (QED) is 0.645. The van der Waals surface area contributed by atoms with E-state index in [0.717, 1.165) is 6.54 Å². The number of likely N-dealkylation sites (N-methyl/N-ethyl adjacent to an activating group) is 1. The topological polar surface area (TPSA) is 44.4 Å². The van der Waals surface area contributed by atoms with Gasteiger partial charge in [-0.3, -0.25) is 9.69 Å². The van der Waals surface area contributed by atoms with Crippen molar-refractivity contribution in [1.82, 2.24) is 15.5 Å². The molecule has 0 bridgehead atoms. The van der Waals surface area contributed by atoms with Crippen molar-refractivity contribution in [1.29, 1.82) is 0 Å². The predicted octanol–water partition coefficient (Wildman–Crippen LogP) is -0.194. The first-order chi connectivity index (χ1) is 6.74. The van der Waals surface area contributed by atoms with E-state index in [9.17, 15) is 4.79 Å². The van der Waals surface area contributed by atoms with Crippen LogP contribution in [0.15, 0.2) is 0 Å². The summed E-state index contributed by atoms with van der Waals surface area (Å²) in [5.41, 5.74) is 0. The zero-order valence-corrected chi connectivity index (χ0v) is 9.18. The van der Waals surface area contributed by atoms with Crippen LogP contribution in [0.5, 0.6) is 0 Å². The molecule has 0 radical (unpaired) electrons. The summed E-state index contributed by atoms with van der Waals surface area (Å²) in [5, 5.41) is 5.75. The Balaban J connectivity index is 2.08. The molecule has 0 spiro atoms. The molecule has 1 aliphatic rings. The Kier molecular flexibility index (Phi) is 4.90. The molecule has 1 fully saturated rings. The third-order valence-electron chi connectivity index (χ3n) is 2.77. The highest BCUT2D eigenvalue weighted by atomic mass is 16.1. The van der Waals surface area contributed by atoms with E-state index in [1.165, 1.54) is 25.9 Å². The molecule has 14 heavy (non-hydrogen) atoms. The van der Waals surface area contributed by atoms with Gasteiger partial charge >= 0.3 is 0 Å². The fourth-order valence-corrected chi connectivity index (χ4v) is 1.79. The van der Waals surface area contributed by atoms with Crippen molar-refractivity contribution >= 4 is 5.91 Å². The van der Waals surface area contributed by atoms with Crippen LogP contribution >= 0.6 is 0 Å². The fourth-order valence-electron chi connectivity index (χ4n) is 1.79. The maximum absolute atomic E-state index is 10.9. The second-order valence-corrected chi connectivity index (χ2v) is 3.90. The van der Waals surface area contributed by atoms with Gasteiger partial charge in [-0.2, -0.15) is 0 Å². The summed E-state index contributed by atoms with van der Waals surface area (Å²) in [5.74, 6) is 0.0543.